The summed E-state index contributed by atoms with van der Waals surface area (Å²) < 4.78 is 5.17. The van der Waals surface area contributed by atoms with Crippen molar-refractivity contribution in [1.82, 2.24) is 0 Å². The van der Waals surface area contributed by atoms with E-state index in [9.17, 15) is 5.02 Å². The van der Waals surface area contributed by atoms with Crippen LogP contribution >= 0.6 is 0 Å². The van der Waals surface area contributed by atoms with Gasteiger partial charge in [-0.15, -0.1) is 0 Å². The van der Waals surface area contributed by atoms with Gasteiger partial charge >= 0.3 is 7.12 Å². The summed E-state index contributed by atoms with van der Waals surface area (Å²) in [5, 5.41) is 9.52. The molecule has 0 bridgehead atoms. The normalized spacial score (nSPS) is 13.9. The number of fused-ring (bicyclic) bond motifs is 1. The third-order valence-corrected chi connectivity index (χ3v) is 2.91. The van der Waals surface area contributed by atoms with Crippen LogP contribution in [0.1, 0.15) is 5.56 Å². The van der Waals surface area contributed by atoms with Gasteiger partial charge in [0.2, 0.25) is 0 Å². The van der Waals surface area contributed by atoms with Gasteiger partial charge in [0.1, 0.15) is 0 Å². The molecular formula is C13H11BO2. The van der Waals surface area contributed by atoms with Crippen LogP contribution in [0, 0.1) is 0 Å². The minimum Gasteiger partial charge on any atom is -0.423 e. The molecule has 0 unspecified atom stereocenters. The molecule has 0 saturated heterocycles. The van der Waals surface area contributed by atoms with Crippen LogP contribution < -0.4 is 5.46 Å². The minimum atomic E-state index is -0.750. The molecule has 0 aliphatic carbocycles. The van der Waals surface area contributed by atoms with Gasteiger partial charge in [0.15, 0.2) is 0 Å². The average molecular weight is 210 g/mol. The summed E-state index contributed by atoms with van der Waals surface area (Å²) >= 11 is 0. The molecule has 0 amide bonds. The minimum absolute atomic E-state index is 0.497. The quantitative estimate of drug-likeness (QED) is 0.724. The van der Waals surface area contributed by atoms with Crippen molar-refractivity contribution in [2.24, 2.45) is 0 Å². The van der Waals surface area contributed by atoms with Gasteiger partial charge in [-0.2, -0.15) is 0 Å². The molecule has 2 aromatic rings. The van der Waals surface area contributed by atoms with E-state index in [-0.39, 0.29) is 0 Å². The van der Waals surface area contributed by atoms with E-state index in [1.807, 2.05) is 30.3 Å². The summed E-state index contributed by atoms with van der Waals surface area (Å²) in [6.45, 7) is 0.497. The average Bonchev–Trinajstić information content (AvgIpc) is 2.72. The first-order valence-corrected chi connectivity index (χ1v) is 5.32. The molecule has 0 saturated carbocycles. The van der Waals surface area contributed by atoms with Crippen molar-refractivity contribution in [2.75, 3.05) is 0 Å². The molecule has 1 aliphatic heterocycles. The monoisotopic (exact) mass is 210 g/mol. The van der Waals surface area contributed by atoms with Crippen LogP contribution in [-0.4, -0.2) is 12.1 Å². The number of rotatable bonds is 1. The molecule has 16 heavy (non-hydrogen) atoms. The van der Waals surface area contributed by atoms with E-state index in [4.69, 9.17) is 4.65 Å². The molecule has 0 atom stereocenters. The molecule has 2 aromatic carbocycles. The Balaban J connectivity index is 2.06. The highest BCUT2D eigenvalue weighted by molar-refractivity contribution is 6.61. The van der Waals surface area contributed by atoms with E-state index in [2.05, 4.69) is 18.2 Å². The van der Waals surface area contributed by atoms with Gasteiger partial charge in [0.05, 0.1) is 6.61 Å². The van der Waals surface area contributed by atoms with Crippen molar-refractivity contribution >= 4 is 12.6 Å². The second-order valence-corrected chi connectivity index (χ2v) is 3.94. The van der Waals surface area contributed by atoms with Crippen molar-refractivity contribution in [3.8, 4) is 11.1 Å². The maximum atomic E-state index is 9.52. The van der Waals surface area contributed by atoms with Crippen molar-refractivity contribution in [3.05, 3.63) is 54.1 Å². The zero-order valence-corrected chi connectivity index (χ0v) is 8.76. The standard InChI is InChI=1S/C13H11BO2/c15-14-13-7-6-11(8-12(13)9-16-14)10-4-2-1-3-5-10/h1-8,15H,9H2. The summed E-state index contributed by atoms with van der Waals surface area (Å²) in [4.78, 5) is 0. The summed E-state index contributed by atoms with van der Waals surface area (Å²) in [7, 11) is -0.750. The Hall–Kier alpha value is -1.58. The highest BCUT2D eigenvalue weighted by Crippen LogP contribution is 2.21. The summed E-state index contributed by atoms with van der Waals surface area (Å²) in [6, 6.07) is 16.2. The van der Waals surface area contributed by atoms with Crippen LogP contribution in [0.5, 0.6) is 0 Å². The largest absolute Gasteiger partial charge is 0.491 e. The maximum absolute atomic E-state index is 9.52. The lowest BCUT2D eigenvalue weighted by Gasteiger charge is -2.04. The molecule has 1 heterocycles. The number of hydrogen-bond donors (Lipinski definition) is 1. The molecule has 0 radical (unpaired) electrons. The number of hydrogen-bond acceptors (Lipinski definition) is 2. The Bertz CT molecular complexity index is 511. The van der Waals surface area contributed by atoms with Gasteiger partial charge in [0, 0.05) is 0 Å². The Labute approximate surface area is 94.6 Å². The van der Waals surface area contributed by atoms with Crippen LogP contribution in [0.4, 0.5) is 0 Å². The van der Waals surface area contributed by atoms with E-state index in [0.717, 1.165) is 16.6 Å². The molecule has 1 N–H and O–H groups in total. The second-order valence-electron chi connectivity index (χ2n) is 3.94. The van der Waals surface area contributed by atoms with Gasteiger partial charge in [0.25, 0.3) is 0 Å². The third-order valence-electron chi connectivity index (χ3n) is 2.91. The Morgan fingerprint density at radius 2 is 1.81 bits per heavy atom. The molecule has 0 spiro atoms. The molecule has 0 fully saturated rings. The van der Waals surface area contributed by atoms with Crippen LogP contribution in [0.25, 0.3) is 11.1 Å². The van der Waals surface area contributed by atoms with E-state index in [0.29, 0.717) is 6.61 Å². The van der Waals surface area contributed by atoms with Gasteiger partial charge in [-0.25, -0.2) is 0 Å². The fourth-order valence-electron chi connectivity index (χ4n) is 2.04. The fraction of sp³-hybridized carbons (Fsp3) is 0.0769. The van der Waals surface area contributed by atoms with Gasteiger partial charge in [-0.3, -0.25) is 0 Å². The Morgan fingerprint density at radius 1 is 1.00 bits per heavy atom. The molecule has 3 heteroatoms. The van der Waals surface area contributed by atoms with Crippen molar-refractivity contribution < 1.29 is 9.68 Å². The van der Waals surface area contributed by atoms with Crippen molar-refractivity contribution in [1.29, 1.82) is 0 Å². The lowest BCUT2D eigenvalue weighted by Crippen LogP contribution is -2.27. The van der Waals surface area contributed by atoms with Crippen LogP contribution in [-0.2, 0) is 11.3 Å². The van der Waals surface area contributed by atoms with Crippen LogP contribution in [0.3, 0.4) is 0 Å². The SMILES string of the molecule is OB1OCc2cc(-c3ccccc3)ccc21. The van der Waals surface area contributed by atoms with Crippen molar-refractivity contribution in [3.63, 3.8) is 0 Å². The van der Waals surface area contributed by atoms with Crippen LogP contribution in [0.2, 0.25) is 0 Å². The lowest BCUT2D eigenvalue weighted by molar-refractivity contribution is 0.275. The Morgan fingerprint density at radius 3 is 2.62 bits per heavy atom. The van der Waals surface area contributed by atoms with Gasteiger partial charge < -0.3 is 9.68 Å². The summed E-state index contributed by atoms with van der Waals surface area (Å²) in [5.74, 6) is 0. The van der Waals surface area contributed by atoms with Gasteiger partial charge in [-0.05, 0) is 28.2 Å². The first-order chi connectivity index (χ1) is 7.84. The molecule has 1 aliphatic rings. The van der Waals surface area contributed by atoms with Crippen molar-refractivity contribution in [2.45, 2.75) is 6.61 Å². The zero-order chi connectivity index (χ0) is 11.0. The predicted molar refractivity (Wildman–Crippen MR) is 64.3 cm³/mol. The van der Waals surface area contributed by atoms with Gasteiger partial charge in [-0.1, -0.05) is 42.5 Å². The Kier molecular flexibility index (Phi) is 2.27. The van der Waals surface area contributed by atoms with Crippen LogP contribution in [0.15, 0.2) is 48.5 Å². The molecule has 0 aromatic heterocycles. The highest BCUT2D eigenvalue weighted by Gasteiger charge is 2.26. The van der Waals surface area contributed by atoms with E-state index in [1.54, 1.807) is 0 Å². The molecule has 3 rings (SSSR count). The second kappa shape index (κ2) is 3.78. The van der Waals surface area contributed by atoms with E-state index in [1.165, 1.54) is 5.56 Å². The molecule has 2 nitrogen and oxygen atoms in total. The van der Waals surface area contributed by atoms with E-state index >= 15 is 0 Å². The first-order valence-electron chi connectivity index (χ1n) is 5.32. The zero-order valence-electron chi connectivity index (χ0n) is 8.76. The smallest absolute Gasteiger partial charge is 0.423 e. The first kappa shape index (κ1) is 9.64. The number of benzene rings is 2. The summed E-state index contributed by atoms with van der Waals surface area (Å²) in [5.41, 5.74) is 4.32. The predicted octanol–water partition coefficient (Wildman–Crippen LogP) is 1.57. The highest BCUT2D eigenvalue weighted by atomic mass is 16.5. The molecular weight excluding hydrogens is 199 g/mol. The van der Waals surface area contributed by atoms with E-state index < -0.39 is 7.12 Å². The topological polar surface area (TPSA) is 29.5 Å². The third kappa shape index (κ3) is 1.54. The maximum Gasteiger partial charge on any atom is 0.491 e. The molecule has 78 valence electrons. The lowest BCUT2D eigenvalue weighted by atomic mass is 9.79. The summed E-state index contributed by atoms with van der Waals surface area (Å²) in [6.07, 6.45) is 0. The fourth-order valence-corrected chi connectivity index (χ4v) is 2.04.